The second-order valence-electron chi connectivity index (χ2n) is 11.6. The van der Waals surface area contributed by atoms with Crippen LogP contribution < -0.4 is 10.2 Å². The fourth-order valence-corrected chi connectivity index (χ4v) is 5.41. The molecule has 1 aromatic carbocycles. The zero-order chi connectivity index (χ0) is 29.6. The number of aromatic nitrogens is 3. The van der Waals surface area contributed by atoms with E-state index in [0.717, 1.165) is 47.7 Å². The van der Waals surface area contributed by atoms with Crippen LogP contribution in [0.5, 0.6) is 0 Å². The van der Waals surface area contributed by atoms with Gasteiger partial charge in [0.2, 0.25) is 0 Å². The molecule has 2 aliphatic rings. The maximum Gasteiger partial charge on any atom is 0.419 e. The highest BCUT2D eigenvalue weighted by Gasteiger charge is 2.36. The number of pyridine rings is 1. The number of hydrogen-bond acceptors (Lipinski definition) is 6. The van der Waals surface area contributed by atoms with Crippen molar-refractivity contribution in [1.29, 1.82) is 0 Å². The van der Waals surface area contributed by atoms with Crippen molar-refractivity contribution in [2.75, 3.05) is 36.4 Å². The smallest absolute Gasteiger partial charge is 0.355 e. The molecule has 2 aliphatic heterocycles. The van der Waals surface area contributed by atoms with Crippen LogP contribution in [0, 0.1) is 0 Å². The molecule has 0 amide bonds. The van der Waals surface area contributed by atoms with Crippen molar-refractivity contribution in [2.45, 2.75) is 84.9 Å². The standard InChI is InChI=1S/C30H37F3N6.C2H6/c1-29(2,3)21-9-11-22(12-10-21)35-27-23-13-18-39(28-24(30(31,32)33)8-7-15-34-28)19-14-25(23)36-26(37-27)20-38-16-5-4-6-17-38;1-2/h7-12,15H,4-6,13-14,16-20H2,1-3H3,(H,35,36,37);1-2H3. The van der Waals surface area contributed by atoms with Crippen molar-refractivity contribution in [3.05, 3.63) is 70.8 Å². The maximum atomic E-state index is 13.7. The molecule has 1 fully saturated rings. The third kappa shape index (κ3) is 7.76. The Morgan fingerprint density at radius 1 is 0.854 bits per heavy atom. The average molecular weight is 569 g/mol. The van der Waals surface area contributed by atoms with Gasteiger partial charge in [0, 0.05) is 37.0 Å². The molecule has 41 heavy (non-hydrogen) atoms. The van der Waals surface area contributed by atoms with Crippen molar-refractivity contribution in [3.63, 3.8) is 0 Å². The third-order valence-electron chi connectivity index (χ3n) is 7.61. The summed E-state index contributed by atoms with van der Waals surface area (Å²) in [5.41, 5.74) is 3.38. The summed E-state index contributed by atoms with van der Waals surface area (Å²) in [6.07, 6.45) is 1.62. The van der Waals surface area contributed by atoms with E-state index < -0.39 is 11.7 Å². The largest absolute Gasteiger partial charge is 0.419 e. The van der Waals surface area contributed by atoms with Crippen LogP contribution in [0.25, 0.3) is 0 Å². The predicted octanol–water partition coefficient (Wildman–Crippen LogP) is 7.55. The molecular formula is C32H43F3N6. The first-order valence-electron chi connectivity index (χ1n) is 14.8. The van der Waals surface area contributed by atoms with Gasteiger partial charge in [-0.2, -0.15) is 13.2 Å². The lowest BCUT2D eigenvalue weighted by Gasteiger charge is -2.26. The van der Waals surface area contributed by atoms with Crippen LogP contribution in [0.15, 0.2) is 42.6 Å². The lowest BCUT2D eigenvalue weighted by Crippen LogP contribution is -2.30. The molecule has 0 unspecified atom stereocenters. The molecule has 3 aromatic rings. The summed E-state index contributed by atoms with van der Waals surface area (Å²) in [5.74, 6) is 1.48. The second kappa shape index (κ2) is 13.2. The number of likely N-dealkylation sites (tertiary alicyclic amines) is 1. The number of rotatable bonds is 5. The van der Waals surface area contributed by atoms with Gasteiger partial charge >= 0.3 is 6.18 Å². The first-order valence-corrected chi connectivity index (χ1v) is 14.8. The summed E-state index contributed by atoms with van der Waals surface area (Å²) in [6.45, 7) is 14.1. The van der Waals surface area contributed by atoms with Crippen LogP contribution in [-0.2, 0) is 31.0 Å². The summed E-state index contributed by atoms with van der Waals surface area (Å²) in [6, 6.07) is 10.8. The highest BCUT2D eigenvalue weighted by Crippen LogP contribution is 2.36. The van der Waals surface area contributed by atoms with Gasteiger partial charge in [0.05, 0.1) is 17.8 Å². The van der Waals surface area contributed by atoms with E-state index in [4.69, 9.17) is 9.97 Å². The number of nitrogens with one attached hydrogen (secondary N) is 1. The van der Waals surface area contributed by atoms with Gasteiger partial charge in [-0.25, -0.2) is 15.0 Å². The van der Waals surface area contributed by atoms with E-state index in [2.05, 4.69) is 60.2 Å². The minimum atomic E-state index is -4.46. The van der Waals surface area contributed by atoms with E-state index in [1.807, 2.05) is 13.8 Å². The SMILES string of the molecule is CC.CC(C)(C)c1ccc(Nc2nc(CN3CCCCC3)nc3c2CCN(c2ncccc2C(F)(F)F)CC3)cc1. The fraction of sp³-hybridized carbons (Fsp3) is 0.531. The number of hydrogen-bond donors (Lipinski definition) is 1. The van der Waals surface area contributed by atoms with Crippen molar-refractivity contribution in [1.82, 2.24) is 19.9 Å². The first-order chi connectivity index (χ1) is 19.6. The molecule has 6 nitrogen and oxygen atoms in total. The Morgan fingerprint density at radius 2 is 1.54 bits per heavy atom. The van der Waals surface area contributed by atoms with Crippen LogP contribution in [0.1, 0.15) is 82.1 Å². The van der Waals surface area contributed by atoms with Crippen molar-refractivity contribution in [2.24, 2.45) is 0 Å². The number of halogens is 3. The molecule has 0 aliphatic carbocycles. The highest BCUT2D eigenvalue weighted by atomic mass is 19.4. The van der Waals surface area contributed by atoms with E-state index in [1.54, 1.807) is 4.90 Å². The zero-order valence-electron chi connectivity index (χ0n) is 25.0. The molecule has 0 radical (unpaired) electrons. The van der Waals surface area contributed by atoms with Gasteiger partial charge in [0.15, 0.2) is 0 Å². The molecule has 0 saturated carbocycles. The normalized spacial score (nSPS) is 16.3. The Labute approximate surface area is 242 Å². The number of fused-ring (bicyclic) bond motifs is 1. The van der Waals surface area contributed by atoms with Gasteiger partial charge in [-0.1, -0.05) is 53.2 Å². The molecule has 0 spiro atoms. The van der Waals surface area contributed by atoms with Gasteiger partial charge in [-0.3, -0.25) is 4.90 Å². The summed E-state index contributed by atoms with van der Waals surface area (Å²) in [7, 11) is 0. The number of nitrogens with zero attached hydrogens (tertiary/aromatic N) is 5. The Morgan fingerprint density at radius 3 is 2.20 bits per heavy atom. The van der Waals surface area contributed by atoms with Crippen LogP contribution in [0.4, 0.5) is 30.5 Å². The van der Waals surface area contributed by atoms with Crippen molar-refractivity contribution >= 4 is 17.3 Å². The quantitative estimate of drug-likeness (QED) is 0.343. The molecule has 1 saturated heterocycles. The zero-order valence-corrected chi connectivity index (χ0v) is 25.0. The molecular weight excluding hydrogens is 525 g/mol. The van der Waals surface area contributed by atoms with Gasteiger partial charge in [-0.15, -0.1) is 0 Å². The van der Waals surface area contributed by atoms with Gasteiger partial charge in [0.25, 0.3) is 0 Å². The maximum absolute atomic E-state index is 13.7. The topological polar surface area (TPSA) is 57.2 Å². The molecule has 0 atom stereocenters. The second-order valence-corrected chi connectivity index (χ2v) is 11.6. The summed E-state index contributed by atoms with van der Waals surface area (Å²) in [5, 5.41) is 3.52. The number of piperidine rings is 1. The number of benzene rings is 1. The van der Waals surface area contributed by atoms with Crippen molar-refractivity contribution in [3.8, 4) is 0 Å². The minimum Gasteiger partial charge on any atom is -0.355 e. The molecule has 5 rings (SSSR count). The van der Waals surface area contributed by atoms with E-state index in [9.17, 15) is 13.2 Å². The summed E-state index contributed by atoms with van der Waals surface area (Å²) < 4.78 is 41.2. The lowest BCUT2D eigenvalue weighted by atomic mass is 9.87. The number of anilines is 3. The first kappa shape index (κ1) is 30.8. The van der Waals surface area contributed by atoms with E-state index in [-0.39, 0.29) is 11.2 Å². The fourth-order valence-electron chi connectivity index (χ4n) is 5.41. The van der Waals surface area contributed by atoms with Crippen LogP contribution in [0.2, 0.25) is 0 Å². The van der Waals surface area contributed by atoms with Crippen LogP contribution in [0.3, 0.4) is 0 Å². The van der Waals surface area contributed by atoms with Gasteiger partial charge in [0.1, 0.15) is 17.5 Å². The van der Waals surface area contributed by atoms with E-state index in [0.29, 0.717) is 32.5 Å². The monoisotopic (exact) mass is 568 g/mol. The molecule has 0 bridgehead atoms. The highest BCUT2D eigenvalue weighted by molar-refractivity contribution is 5.62. The molecule has 9 heteroatoms. The summed E-state index contributed by atoms with van der Waals surface area (Å²) in [4.78, 5) is 18.2. The van der Waals surface area contributed by atoms with Crippen molar-refractivity contribution < 1.29 is 13.2 Å². The molecule has 222 valence electrons. The van der Waals surface area contributed by atoms with Crippen LogP contribution >= 0.6 is 0 Å². The Balaban J connectivity index is 0.00000189. The Bertz CT molecular complexity index is 1280. The van der Waals surface area contributed by atoms with Gasteiger partial charge < -0.3 is 10.2 Å². The van der Waals surface area contributed by atoms with E-state index in [1.165, 1.54) is 37.1 Å². The Hall–Kier alpha value is -3.20. The Kier molecular flexibility index (Phi) is 9.89. The molecule has 1 N–H and O–H groups in total. The lowest BCUT2D eigenvalue weighted by molar-refractivity contribution is -0.137. The average Bonchev–Trinajstić information content (AvgIpc) is 3.17. The molecule has 2 aromatic heterocycles. The van der Waals surface area contributed by atoms with Gasteiger partial charge in [-0.05, 0) is 67.6 Å². The van der Waals surface area contributed by atoms with Crippen LogP contribution in [-0.4, -0.2) is 46.0 Å². The number of alkyl halides is 3. The minimum absolute atomic E-state index is 0.0217. The predicted molar refractivity (Wildman–Crippen MR) is 160 cm³/mol. The third-order valence-corrected chi connectivity index (χ3v) is 7.61. The van der Waals surface area contributed by atoms with E-state index >= 15 is 0 Å². The molecule has 4 heterocycles. The summed E-state index contributed by atoms with van der Waals surface area (Å²) >= 11 is 0.